The van der Waals surface area contributed by atoms with Gasteiger partial charge in [-0.3, -0.25) is 0 Å². The van der Waals surface area contributed by atoms with Gasteiger partial charge in [-0.05, 0) is 50.9 Å². The van der Waals surface area contributed by atoms with Crippen molar-refractivity contribution in [2.45, 2.75) is 47.9 Å². The molecule has 2 atom stereocenters. The molecule has 3 rings (SSSR count). The number of halogens is 2. The SMILES string of the molecule is CN1C2CCC1CC(Sc1ccc(Cl)c(Cl)c1)C2.O=C(O)/C=C/C(=O)O. The number of rotatable bonds is 4. The number of nitrogens with zero attached hydrogens (tertiary/aromatic N) is 1. The van der Waals surface area contributed by atoms with Gasteiger partial charge >= 0.3 is 11.9 Å². The second kappa shape index (κ2) is 9.65. The summed E-state index contributed by atoms with van der Waals surface area (Å²) in [5, 5.41) is 17.7. The van der Waals surface area contributed by atoms with Crippen LogP contribution >= 0.6 is 35.0 Å². The van der Waals surface area contributed by atoms with Crippen LogP contribution in [0, 0.1) is 0 Å². The van der Waals surface area contributed by atoms with Crippen molar-refractivity contribution in [1.29, 1.82) is 0 Å². The van der Waals surface area contributed by atoms with Gasteiger partial charge in [0.05, 0.1) is 10.0 Å². The van der Waals surface area contributed by atoms with Crippen LogP contribution in [0.1, 0.15) is 25.7 Å². The van der Waals surface area contributed by atoms with Crippen LogP contribution in [0.4, 0.5) is 0 Å². The summed E-state index contributed by atoms with van der Waals surface area (Å²) in [6.07, 6.45) is 6.47. The molecule has 0 aromatic heterocycles. The third-order valence-electron chi connectivity index (χ3n) is 4.62. The molecule has 0 spiro atoms. The largest absolute Gasteiger partial charge is 0.478 e. The quantitative estimate of drug-likeness (QED) is 0.705. The predicted octanol–water partition coefficient (Wildman–Crippen LogP) is 4.42. The first-order valence-corrected chi connectivity index (χ1v) is 9.87. The molecule has 2 N–H and O–H groups in total. The molecule has 0 radical (unpaired) electrons. The van der Waals surface area contributed by atoms with Gasteiger partial charge in [0.1, 0.15) is 0 Å². The molecule has 0 aliphatic carbocycles. The highest BCUT2D eigenvalue weighted by Crippen LogP contribution is 2.42. The molecule has 2 fully saturated rings. The average Bonchev–Trinajstić information content (AvgIpc) is 2.79. The summed E-state index contributed by atoms with van der Waals surface area (Å²) in [4.78, 5) is 22.9. The Balaban J connectivity index is 0.000000260. The number of carbonyl (C=O) groups is 2. The highest BCUT2D eigenvalue weighted by molar-refractivity contribution is 8.00. The van der Waals surface area contributed by atoms with Crippen LogP contribution in [-0.2, 0) is 9.59 Å². The topological polar surface area (TPSA) is 77.8 Å². The maximum absolute atomic E-state index is 9.55. The third-order valence-corrected chi connectivity index (χ3v) is 6.60. The third kappa shape index (κ3) is 6.20. The van der Waals surface area contributed by atoms with E-state index in [0.29, 0.717) is 22.2 Å². The van der Waals surface area contributed by atoms with Crippen LogP contribution in [-0.4, -0.2) is 51.4 Å². The lowest BCUT2D eigenvalue weighted by atomic mass is 10.0. The van der Waals surface area contributed by atoms with Gasteiger partial charge in [0.25, 0.3) is 0 Å². The number of carboxylic acids is 2. The standard InChI is InChI=1S/C14H17Cl2NS.C4H4O4/c1-17-9-2-3-10(17)7-12(6-9)18-11-4-5-13(15)14(16)8-11;5-3(6)1-2-4(7)8/h4-5,8-10,12H,2-3,6-7H2,1H3;1-2H,(H,5,6)(H,7,8)/b;2-1+. The van der Waals surface area contributed by atoms with E-state index in [1.54, 1.807) is 0 Å². The Morgan fingerprint density at radius 3 is 2.08 bits per heavy atom. The van der Waals surface area contributed by atoms with Gasteiger partial charge in [0.15, 0.2) is 0 Å². The lowest BCUT2D eigenvalue weighted by Gasteiger charge is -2.36. The summed E-state index contributed by atoms with van der Waals surface area (Å²) in [5.74, 6) is -2.51. The first kappa shape index (κ1) is 21.1. The van der Waals surface area contributed by atoms with Gasteiger partial charge in [-0.25, -0.2) is 9.59 Å². The molecular weight excluding hydrogens is 397 g/mol. The van der Waals surface area contributed by atoms with E-state index < -0.39 is 11.9 Å². The Morgan fingerprint density at radius 2 is 1.62 bits per heavy atom. The Labute approximate surface area is 167 Å². The van der Waals surface area contributed by atoms with Crippen LogP contribution in [0.5, 0.6) is 0 Å². The number of carboxylic acid groups (broad SMARTS) is 2. The first-order valence-electron chi connectivity index (χ1n) is 8.24. The van der Waals surface area contributed by atoms with Crippen molar-refractivity contribution in [3.63, 3.8) is 0 Å². The lowest BCUT2D eigenvalue weighted by molar-refractivity contribution is -0.134. The van der Waals surface area contributed by atoms with E-state index in [2.05, 4.69) is 18.0 Å². The van der Waals surface area contributed by atoms with Crippen molar-refractivity contribution in [2.24, 2.45) is 0 Å². The molecule has 142 valence electrons. The van der Waals surface area contributed by atoms with E-state index in [1.165, 1.54) is 30.6 Å². The number of hydrogen-bond acceptors (Lipinski definition) is 4. The first-order chi connectivity index (χ1) is 12.3. The lowest BCUT2D eigenvalue weighted by Crippen LogP contribution is -2.40. The predicted molar refractivity (Wildman–Crippen MR) is 104 cm³/mol. The maximum Gasteiger partial charge on any atom is 0.328 e. The molecule has 8 heteroatoms. The molecule has 26 heavy (non-hydrogen) atoms. The molecule has 2 unspecified atom stereocenters. The van der Waals surface area contributed by atoms with E-state index in [1.807, 2.05) is 23.9 Å². The Hall–Kier alpha value is -1.21. The summed E-state index contributed by atoms with van der Waals surface area (Å²) >= 11 is 14.0. The highest BCUT2D eigenvalue weighted by atomic mass is 35.5. The minimum atomic E-state index is -1.26. The Bertz CT molecular complexity index is 668. The summed E-state index contributed by atoms with van der Waals surface area (Å²) in [5.41, 5.74) is 0. The van der Waals surface area contributed by atoms with E-state index in [-0.39, 0.29) is 0 Å². The number of benzene rings is 1. The van der Waals surface area contributed by atoms with Crippen LogP contribution < -0.4 is 0 Å². The van der Waals surface area contributed by atoms with Crippen molar-refractivity contribution < 1.29 is 19.8 Å². The number of aliphatic carboxylic acids is 2. The smallest absolute Gasteiger partial charge is 0.328 e. The molecule has 2 aliphatic heterocycles. The van der Waals surface area contributed by atoms with Gasteiger partial charge in [-0.2, -0.15) is 0 Å². The number of fused-ring (bicyclic) bond motifs is 2. The fourth-order valence-electron chi connectivity index (χ4n) is 3.34. The summed E-state index contributed by atoms with van der Waals surface area (Å²) in [7, 11) is 2.28. The van der Waals surface area contributed by atoms with Crippen LogP contribution in [0.15, 0.2) is 35.2 Å². The van der Waals surface area contributed by atoms with Crippen LogP contribution in [0.2, 0.25) is 10.0 Å². The van der Waals surface area contributed by atoms with Gasteiger partial charge < -0.3 is 15.1 Å². The zero-order valence-electron chi connectivity index (χ0n) is 14.3. The van der Waals surface area contributed by atoms with Gasteiger partial charge in [-0.1, -0.05) is 23.2 Å². The normalized spacial score (nSPS) is 25.0. The van der Waals surface area contributed by atoms with Crippen molar-refractivity contribution in [3.05, 3.63) is 40.4 Å². The molecule has 2 heterocycles. The fraction of sp³-hybridized carbons (Fsp3) is 0.444. The zero-order valence-corrected chi connectivity index (χ0v) is 16.6. The van der Waals surface area contributed by atoms with E-state index in [0.717, 1.165) is 17.3 Å². The Kier molecular flexibility index (Phi) is 7.83. The molecular formula is C18H21Cl2NO4S. The minimum absolute atomic E-state index is 0.558. The van der Waals surface area contributed by atoms with Gasteiger partial charge in [0, 0.05) is 34.4 Å². The summed E-state index contributed by atoms with van der Waals surface area (Å²) < 4.78 is 0. The molecule has 1 aromatic rings. The van der Waals surface area contributed by atoms with Gasteiger partial charge in [0.2, 0.25) is 0 Å². The highest BCUT2D eigenvalue weighted by Gasteiger charge is 2.38. The second-order valence-electron chi connectivity index (χ2n) is 6.35. The van der Waals surface area contributed by atoms with Crippen LogP contribution in [0.3, 0.4) is 0 Å². The summed E-state index contributed by atoms with van der Waals surface area (Å²) in [6, 6.07) is 7.57. The van der Waals surface area contributed by atoms with Crippen molar-refractivity contribution in [1.82, 2.24) is 4.90 Å². The second-order valence-corrected chi connectivity index (χ2v) is 8.54. The molecule has 5 nitrogen and oxygen atoms in total. The molecule has 0 saturated carbocycles. The van der Waals surface area contributed by atoms with Crippen LogP contribution in [0.25, 0.3) is 0 Å². The van der Waals surface area contributed by atoms with E-state index >= 15 is 0 Å². The van der Waals surface area contributed by atoms with Crippen molar-refractivity contribution in [2.75, 3.05) is 7.05 Å². The average molecular weight is 418 g/mol. The minimum Gasteiger partial charge on any atom is -0.478 e. The van der Waals surface area contributed by atoms with Crippen molar-refractivity contribution >= 4 is 46.9 Å². The van der Waals surface area contributed by atoms with Crippen molar-refractivity contribution in [3.8, 4) is 0 Å². The Morgan fingerprint density at radius 1 is 1.08 bits per heavy atom. The molecule has 0 amide bonds. The number of hydrogen-bond donors (Lipinski definition) is 2. The summed E-state index contributed by atoms with van der Waals surface area (Å²) in [6.45, 7) is 0. The van der Waals surface area contributed by atoms with Gasteiger partial charge in [-0.15, -0.1) is 11.8 Å². The molecule has 2 aliphatic rings. The molecule has 2 saturated heterocycles. The fourth-order valence-corrected chi connectivity index (χ4v) is 5.06. The number of thioether (sulfide) groups is 1. The number of piperidine rings is 1. The van der Waals surface area contributed by atoms with E-state index in [9.17, 15) is 9.59 Å². The molecule has 1 aromatic carbocycles. The maximum atomic E-state index is 9.55. The van der Waals surface area contributed by atoms with E-state index in [4.69, 9.17) is 33.4 Å². The monoisotopic (exact) mass is 417 g/mol. The zero-order chi connectivity index (χ0) is 19.3. The molecule has 2 bridgehead atoms.